The lowest BCUT2D eigenvalue weighted by Gasteiger charge is -2.45. The van der Waals surface area contributed by atoms with Crippen LogP contribution in [-0.4, -0.2) is 46.5 Å². The van der Waals surface area contributed by atoms with Crippen molar-refractivity contribution in [2.45, 2.75) is 38.9 Å². The van der Waals surface area contributed by atoms with Crippen LogP contribution in [0.3, 0.4) is 0 Å². The maximum absolute atomic E-state index is 13.1. The minimum Gasteiger partial charge on any atom is -0.334 e. The number of urea groups is 1. The van der Waals surface area contributed by atoms with Gasteiger partial charge in [0.1, 0.15) is 0 Å². The zero-order valence-electron chi connectivity index (χ0n) is 16.0. The fraction of sp³-hybridized carbons (Fsp3) is 0.455. The third-order valence-electron chi connectivity index (χ3n) is 5.77. The van der Waals surface area contributed by atoms with Crippen molar-refractivity contribution >= 4 is 6.03 Å². The predicted octanol–water partition coefficient (Wildman–Crippen LogP) is 3.20. The van der Waals surface area contributed by atoms with Crippen LogP contribution >= 0.6 is 0 Å². The fourth-order valence-corrected chi connectivity index (χ4v) is 4.26. The SMILES string of the molecule is Cc1cccc(CN(Cc2ccccc2)C(=O)NC2CN3CCC2CC3)n1. The normalized spacial score (nSPS) is 23.8. The number of fused-ring (bicyclic) bond motifs is 3. The van der Waals surface area contributed by atoms with Gasteiger partial charge in [0, 0.05) is 24.8 Å². The summed E-state index contributed by atoms with van der Waals surface area (Å²) >= 11 is 0. The molecule has 0 radical (unpaired) electrons. The molecule has 3 aliphatic rings. The Labute approximate surface area is 161 Å². The number of nitrogens with zero attached hydrogens (tertiary/aromatic N) is 3. The van der Waals surface area contributed by atoms with Crippen molar-refractivity contribution in [2.24, 2.45) is 5.92 Å². The molecule has 0 aliphatic carbocycles. The fourth-order valence-electron chi connectivity index (χ4n) is 4.26. The molecule has 1 unspecified atom stereocenters. The molecule has 2 bridgehead atoms. The van der Waals surface area contributed by atoms with Gasteiger partial charge in [-0.25, -0.2) is 4.79 Å². The lowest BCUT2D eigenvalue weighted by Crippen LogP contribution is -2.58. The summed E-state index contributed by atoms with van der Waals surface area (Å²) in [6.45, 7) is 6.43. The molecular formula is C22H28N4O. The summed E-state index contributed by atoms with van der Waals surface area (Å²) in [4.78, 5) is 22.1. The molecule has 3 fully saturated rings. The van der Waals surface area contributed by atoms with Gasteiger partial charge in [0.2, 0.25) is 0 Å². The first-order valence-electron chi connectivity index (χ1n) is 9.91. The Morgan fingerprint density at radius 1 is 1.11 bits per heavy atom. The second-order valence-electron chi connectivity index (χ2n) is 7.81. The number of nitrogens with one attached hydrogen (secondary N) is 1. The number of carbonyl (C=O) groups is 1. The van der Waals surface area contributed by atoms with Crippen LogP contribution in [0, 0.1) is 12.8 Å². The van der Waals surface area contributed by atoms with Gasteiger partial charge in [-0.15, -0.1) is 0 Å². The minimum absolute atomic E-state index is 0.0147. The van der Waals surface area contributed by atoms with Crippen molar-refractivity contribution in [2.75, 3.05) is 19.6 Å². The number of rotatable bonds is 5. The molecule has 2 amide bonds. The Hall–Kier alpha value is -2.40. The molecule has 1 aromatic heterocycles. The van der Waals surface area contributed by atoms with Crippen molar-refractivity contribution in [1.29, 1.82) is 0 Å². The summed E-state index contributed by atoms with van der Waals surface area (Å²) in [5.41, 5.74) is 3.04. The van der Waals surface area contributed by atoms with Crippen molar-refractivity contribution in [3.05, 3.63) is 65.5 Å². The second-order valence-corrected chi connectivity index (χ2v) is 7.81. The highest BCUT2D eigenvalue weighted by atomic mass is 16.2. The standard InChI is InChI=1S/C22H28N4O/c1-17-6-5-9-20(23-17)15-26(14-18-7-3-2-4-8-18)22(27)24-21-16-25-12-10-19(21)11-13-25/h2-9,19,21H,10-16H2,1H3,(H,24,27). The first-order valence-corrected chi connectivity index (χ1v) is 9.91. The molecule has 2 aromatic rings. The average molecular weight is 364 g/mol. The Bertz CT molecular complexity index is 771. The number of hydrogen-bond donors (Lipinski definition) is 1. The molecule has 3 aliphatic heterocycles. The van der Waals surface area contributed by atoms with Crippen LogP contribution in [0.15, 0.2) is 48.5 Å². The van der Waals surface area contributed by atoms with Gasteiger partial charge >= 0.3 is 6.03 Å². The Morgan fingerprint density at radius 3 is 2.56 bits per heavy atom. The number of aromatic nitrogens is 1. The number of amides is 2. The molecule has 5 nitrogen and oxygen atoms in total. The van der Waals surface area contributed by atoms with Crippen LogP contribution in [0.1, 0.15) is 29.8 Å². The molecule has 0 saturated carbocycles. The first-order chi connectivity index (χ1) is 13.2. The lowest BCUT2D eigenvalue weighted by molar-refractivity contribution is 0.0723. The highest BCUT2D eigenvalue weighted by Crippen LogP contribution is 2.27. The van der Waals surface area contributed by atoms with E-state index < -0.39 is 0 Å². The van der Waals surface area contributed by atoms with E-state index in [-0.39, 0.29) is 12.1 Å². The molecule has 5 rings (SSSR count). The Morgan fingerprint density at radius 2 is 1.89 bits per heavy atom. The van der Waals surface area contributed by atoms with Gasteiger partial charge in [-0.3, -0.25) is 4.98 Å². The molecular weight excluding hydrogens is 336 g/mol. The molecule has 1 atom stereocenters. The Balaban J connectivity index is 1.48. The van der Waals surface area contributed by atoms with Gasteiger partial charge in [0.25, 0.3) is 0 Å². The van der Waals surface area contributed by atoms with Crippen LogP contribution < -0.4 is 5.32 Å². The molecule has 1 N–H and O–H groups in total. The van der Waals surface area contributed by atoms with E-state index >= 15 is 0 Å². The number of benzene rings is 1. The van der Waals surface area contributed by atoms with Crippen LogP contribution in [0.2, 0.25) is 0 Å². The third-order valence-corrected chi connectivity index (χ3v) is 5.77. The van der Waals surface area contributed by atoms with Crippen LogP contribution in [0.25, 0.3) is 0 Å². The van der Waals surface area contributed by atoms with E-state index in [9.17, 15) is 4.79 Å². The van der Waals surface area contributed by atoms with E-state index in [1.807, 2.05) is 48.2 Å². The minimum atomic E-state index is 0.0147. The molecule has 4 heterocycles. The maximum Gasteiger partial charge on any atom is 0.318 e. The predicted molar refractivity (Wildman–Crippen MR) is 106 cm³/mol. The highest BCUT2D eigenvalue weighted by molar-refractivity contribution is 5.74. The summed E-state index contributed by atoms with van der Waals surface area (Å²) in [5, 5.41) is 3.32. The van der Waals surface area contributed by atoms with Crippen molar-refractivity contribution in [3.63, 3.8) is 0 Å². The quantitative estimate of drug-likeness (QED) is 0.886. The maximum atomic E-state index is 13.1. The van der Waals surface area contributed by atoms with Crippen molar-refractivity contribution < 1.29 is 4.79 Å². The highest BCUT2D eigenvalue weighted by Gasteiger charge is 2.35. The van der Waals surface area contributed by atoms with Crippen LogP contribution in [0.5, 0.6) is 0 Å². The van der Waals surface area contributed by atoms with Gasteiger partial charge in [-0.1, -0.05) is 36.4 Å². The topological polar surface area (TPSA) is 48.5 Å². The molecule has 5 heteroatoms. The zero-order chi connectivity index (χ0) is 18.6. The summed E-state index contributed by atoms with van der Waals surface area (Å²) in [6.07, 6.45) is 2.39. The van der Waals surface area contributed by atoms with Crippen molar-refractivity contribution in [1.82, 2.24) is 20.1 Å². The van der Waals surface area contributed by atoms with E-state index in [1.165, 1.54) is 25.9 Å². The molecule has 27 heavy (non-hydrogen) atoms. The molecule has 0 spiro atoms. The average Bonchev–Trinajstić information content (AvgIpc) is 2.69. The van der Waals surface area contributed by atoms with Gasteiger partial charge in [0.15, 0.2) is 0 Å². The number of carbonyl (C=O) groups excluding carboxylic acids is 1. The first kappa shape index (κ1) is 18.0. The zero-order valence-corrected chi connectivity index (χ0v) is 16.0. The smallest absolute Gasteiger partial charge is 0.318 e. The summed E-state index contributed by atoms with van der Waals surface area (Å²) < 4.78 is 0. The largest absolute Gasteiger partial charge is 0.334 e. The Kier molecular flexibility index (Phi) is 5.39. The summed E-state index contributed by atoms with van der Waals surface area (Å²) in [5.74, 6) is 0.620. The van der Waals surface area contributed by atoms with Crippen LogP contribution in [-0.2, 0) is 13.1 Å². The number of pyridine rings is 1. The molecule has 1 aromatic carbocycles. The summed E-state index contributed by atoms with van der Waals surface area (Å²) in [7, 11) is 0. The van der Waals surface area contributed by atoms with Gasteiger partial charge in [-0.05, 0) is 56.5 Å². The van der Waals surface area contributed by atoms with E-state index in [2.05, 4.69) is 27.3 Å². The molecule has 142 valence electrons. The van der Waals surface area contributed by atoms with E-state index in [4.69, 9.17) is 0 Å². The monoisotopic (exact) mass is 364 g/mol. The van der Waals surface area contributed by atoms with Gasteiger partial charge in [-0.2, -0.15) is 0 Å². The number of hydrogen-bond acceptors (Lipinski definition) is 3. The number of piperidine rings is 3. The third kappa shape index (κ3) is 4.48. The summed E-state index contributed by atoms with van der Waals surface area (Å²) in [6, 6.07) is 16.4. The van der Waals surface area contributed by atoms with Gasteiger partial charge < -0.3 is 15.1 Å². The molecule has 3 saturated heterocycles. The van der Waals surface area contributed by atoms with Crippen molar-refractivity contribution in [3.8, 4) is 0 Å². The van der Waals surface area contributed by atoms with E-state index in [0.717, 1.165) is 23.5 Å². The van der Waals surface area contributed by atoms with Gasteiger partial charge in [0.05, 0.1) is 12.2 Å². The van der Waals surface area contributed by atoms with E-state index in [1.54, 1.807) is 0 Å². The van der Waals surface area contributed by atoms with E-state index in [0.29, 0.717) is 19.0 Å². The van der Waals surface area contributed by atoms with Crippen LogP contribution in [0.4, 0.5) is 4.79 Å². The lowest BCUT2D eigenvalue weighted by atomic mass is 9.84. The second kappa shape index (κ2) is 8.09. The number of aryl methyl sites for hydroxylation is 1.